The molecule has 84 valence electrons. The highest BCUT2D eigenvalue weighted by Crippen LogP contribution is 2.20. The van der Waals surface area contributed by atoms with E-state index in [9.17, 15) is 4.79 Å². The zero-order chi connectivity index (χ0) is 10.7. The van der Waals surface area contributed by atoms with Gasteiger partial charge in [-0.05, 0) is 31.5 Å². The van der Waals surface area contributed by atoms with E-state index in [4.69, 9.17) is 5.73 Å². The van der Waals surface area contributed by atoms with Gasteiger partial charge < -0.3 is 11.1 Å². The molecule has 1 aromatic carbocycles. The van der Waals surface area contributed by atoms with Gasteiger partial charge in [-0.15, -0.1) is 12.4 Å². The van der Waals surface area contributed by atoms with Crippen LogP contribution in [0, 0.1) is 6.92 Å². The summed E-state index contributed by atoms with van der Waals surface area (Å²) in [5.74, 6) is -0.175. The van der Waals surface area contributed by atoms with Crippen molar-refractivity contribution in [1.82, 2.24) is 0 Å². The van der Waals surface area contributed by atoms with Crippen molar-refractivity contribution in [3.8, 4) is 0 Å². The molecule has 0 aliphatic carbocycles. The quantitative estimate of drug-likeness (QED) is 0.880. The Morgan fingerprint density at radius 2 is 2.13 bits per heavy atom. The Kier molecular flexibility index (Phi) is 5.87. The predicted molar refractivity (Wildman–Crippen MR) is 68.4 cm³/mol. The summed E-state index contributed by atoms with van der Waals surface area (Å²) in [6.07, 6.45) is 0. The van der Waals surface area contributed by atoms with Crippen LogP contribution in [0.3, 0.4) is 0 Å². The Labute approximate surface area is 104 Å². The number of hydrogen-bond donors (Lipinski definition) is 2. The van der Waals surface area contributed by atoms with E-state index in [2.05, 4.69) is 21.2 Å². The van der Waals surface area contributed by atoms with E-state index in [1.807, 2.05) is 25.1 Å². The Balaban J connectivity index is 0.00000196. The van der Waals surface area contributed by atoms with Gasteiger partial charge >= 0.3 is 0 Å². The molecule has 0 bridgehead atoms. The second-order valence-electron chi connectivity index (χ2n) is 3.24. The van der Waals surface area contributed by atoms with Crippen LogP contribution in [0.5, 0.6) is 0 Å². The fraction of sp³-hybridized carbons (Fsp3) is 0.300. The van der Waals surface area contributed by atoms with Crippen molar-refractivity contribution in [2.24, 2.45) is 5.73 Å². The van der Waals surface area contributed by atoms with E-state index >= 15 is 0 Å². The Morgan fingerprint density at radius 1 is 1.53 bits per heavy atom. The number of aryl methyl sites for hydroxylation is 1. The van der Waals surface area contributed by atoms with Crippen LogP contribution in [0.2, 0.25) is 0 Å². The minimum Gasteiger partial charge on any atom is -0.324 e. The minimum atomic E-state index is -0.492. The monoisotopic (exact) mass is 292 g/mol. The maximum atomic E-state index is 11.3. The lowest BCUT2D eigenvalue weighted by Crippen LogP contribution is -2.32. The molecule has 1 rings (SSSR count). The molecule has 1 atom stereocenters. The molecule has 0 aliphatic heterocycles. The van der Waals surface area contributed by atoms with E-state index in [1.54, 1.807) is 6.92 Å². The van der Waals surface area contributed by atoms with Crippen molar-refractivity contribution in [2.75, 3.05) is 5.32 Å². The molecule has 0 saturated carbocycles. The van der Waals surface area contributed by atoms with Gasteiger partial charge in [-0.25, -0.2) is 0 Å². The maximum Gasteiger partial charge on any atom is 0.241 e. The van der Waals surface area contributed by atoms with Gasteiger partial charge in [0.2, 0.25) is 5.91 Å². The number of anilines is 1. The maximum absolute atomic E-state index is 11.3. The number of carbonyl (C=O) groups is 1. The molecule has 0 saturated heterocycles. The lowest BCUT2D eigenvalue weighted by molar-refractivity contribution is -0.117. The van der Waals surface area contributed by atoms with Gasteiger partial charge in [-0.1, -0.05) is 22.0 Å². The molecular weight excluding hydrogens is 279 g/mol. The molecule has 5 heteroatoms. The molecule has 1 aromatic rings. The van der Waals surface area contributed by atoms with Crippen molar-refractivity contribution in [3.05, 3.63) is 28.2 Å². The summed E-state index contributed by atoms with van der Waals surface area (Å²) in [4.78, 5) is 11.3. The standard InChI is InChI=1S/C10H13BrN2O.ClH/c1-6-3-4-8(11)5-9(6)13-10(14)7(2)12;/h3-5,7H,12H2,1-2H3,(H,13,14);1H/t7-;/m1./s1. The molecule has 3 nitrogen and oxygen atoms in total. The van der Waals surface area contributed by atoms with Gasteiger partial charge in [-0.2, -0.15) is 0 Å². The number of hydrogen-bond acceptors (Lipinski definition) is 2. The lowest BCUT2D eigenvalue weighted by atomic mass is 10.2. The van der Waals surface area contributed by atoms with Gasteiger partial charge in [0.1, 0.15) is 0 Å². The van der Waals surface area contributed by atoms with E-state index in [1.165, 1.54) is 0 Å². The number of rotatable bonds is 2. The summed E-state index contributed by atoms with van der Waals surface area (Å²) in [6.45, 7) is 3.59. The zero-order valence-electron chi connectivity index (χ0n) is 8.58. The van der Waals surface area contributed by atoms with Crippen molar-refractivity contribution in [3.63, 3.8) is 0 Å². The molecule has 0 aromatic heterocycles. The summed E-state index contributed by atoms with van der Waals surface area (Å²) in [6, 6.07) is 5.22. The van der Waals surface area contributed by atoms with Crippen molar-refractivity contribution >= 4 is 39.9 Å². The van der Waals surface area contributed by atoms with Crippen molar-refractivity contribution < 1.29 is 4.79 Å². The molecule has 0 heterocycles. The molecular formula is C10H14BrClN2O. The third-order valence-corrected chi connectivity index (χ3v) is 2.36. The van der Waals surface area contributed by atoms with E-state index < -0.39 is 6.04 Å². The topological polar surface area (TPSA) is 55.1 Å². The fourth-order valence-electron chi connectivity index (χ4n) is 0.975. The van der Waals surface area contributed by atoms with Gasteiger partial charge in [0, 0.05) is 10.2 Å². The normalized spacial score (nSPS) is 11.5. The van der Waals surface area contributed by atoms with Gasteiger partial charge in [-0.3, -0.25) is 4.79 Å². The first-order chi connectivity index (χ1) is 6.50. The van der Waals surface area contributed by atoms with Crippen LogP contribution in [-0.2, 0) is 4.79 Å². The summed E-state index contributed by atoms with van der Waals surface area (Å²) >= 11 is 3.34. The highest BCUT2D eigenvalue weighted by Gasteiger charge is 2.08. The van der Waals surface area contributed by atoms with Crippen molar-refractivity contribution in [1.29, 1.82) is 0 Å². The summed E-state index contributed by atoms with van der Waals surface area (Å²) in [7, 11) is 0. The highest BCUT2D eigenvalue weighted by molar-refractivity contribution is 9.10. The largest absolute Gasteiger partial charge is 0.324 e. The molecule has 15 heavy (non-hydrogen) atoms. The lowest BCUT2D eigenvalue weighted by Gasteiger charge is -2.10. The number of amides is 1. The third-order valence-electron chi connectivity index (χ3n) is 1.87. The average Bonchev–Trinajstić information content (AvgIpc) is 2.11. The summed E-state index contributed by atoms with van der Waals surface area (Å²) < 4.78 is 0.933. The minimum absolute atomic E-state index is 0. The molecule has 1 amide bonds. The average molecular weight is 294 g/mol. The number of carbonyl (C=O) groups excluding carboxylic acids is 1. The molecule has 0 unspecified atom stereocenters. The highest BCUT2D eigenvalue weighted by atomic mass is 79.9. The third kappa shape index (κ3) is 4.20. The summed E-state index contributed by atoms with van der Waals surface area (Å²) in [5, 5.41) is 2.76. The van der Waals surface area contributed by atoms with Gasteiger partial charge in [0.05, 0.1) is 6.04 Å². The van der Waals surface area contributed by atoms with Crippen LogP contribution >= 0.6 is 28.3 Å². The van der Waals surface area contributed by atoms with Crippen LogP contribution < -0.4 is 11.1 Å². The first-order valence-electron chi connectivity index (χ1n) is 4.33. The Hall–Kier alpha value is -0.580. The van der Waals surface area contributed by atoms with Gasteiger partial charge in [0.15, 0.2) is 0 Å². The zero-order valence-corrected chi connectivity index (χ0v) is 11.0. The number of nitrogens with two attached hydrogens (primary N) is 1. The SMILES string of the molecule is Cc1ccc(Br)cc1NC(=O)[C@@H](C)N.Cl. The molecule has 0 spiro atoms. The Morgan fingerprint density at radius 3 is 2.67 bits per heavy atom. The molecule has 0 radical (unpaired) electrons. The molecule has 0 fully saturated rings. The second kappa shape index (κ2) is 6.10. The van der Waals surface area contributed by atoms with E-state index in [-0.39, 0.29) is 18.3 Å². The second-order valence-corrected chi connectivity index (χ2v) is 4.15. The smallest absolute Gasteiger partial charge is 0.241 e. The Bertz CT molecular complexity index is 355. The predicted octanol–water partition coefficient (Wildman–Crippen LogP) is 2.47. The van der Waals surface area contributed by atoms with Crippen LogP contribution in [0.25, 0.3) is 0 Å². The molecule has 0 aliphatic rings. The van der Waals surface area contributed by atoms with Crippen LogP contribution in [0.4, 0.5) is 5.69 Å². The van der Waals surface area contributed by atoms with E-state index in [0.717, 1.165) is 15.7 Å². The first-order valence-corrected chi connectivity index (χ1v) is 5.12. The van der Waals surface area contributed by atoms with Gasteiger partial charge in [0.25, 0.3) is 0 Å². The number of halogens is 2. The van der Waals surface area contributed by atoms with E-state index in [0.29, 0.717) is 0 Å². The van der Waals surface area contributed by atoms with Crippen LogP contribution in [0.15, 0.2) is 22.7 Å². The molecule has 3 N–H and O–H groups in total. The van der Waals surface area contributed by atoms with Crippen LogP contribution in [-0.4, -0.2) is 11.9 Å². The number of benzene rings is 1. The van der Waals surface area contributed by atoms with Crippen LogP contribution in [0.1, 0.15) is 12.5 Å². The fourth-order valence-corrected chi connectivity index (χ4v) is 1.34. The first kappa shape index (κ1) is 14.4. The number of nitrogens with one attached hydrogen (secondary N) is 1. The van der Waals surface area contributed by atoms with Crippen molar-refractivity contribution in [2.45, 2.75) is 19.9 Å². The summed E-state index contributed by atoms with van der Waals surface area (Å²) in [5.41, 5.74) is 7.26.